The SMILES string of the molecule is Cc1nc(N)cc([C@@H]2CN(Cc3noc(C)n3)CCO2)n1. The minimum absolute atomic E-state index is 0.115. The second kappa shape index (κ2) is 5.74. The Morgan fingerprint density at radius 2 is 2.19 bits per heavy atom. The van der Waals surface area contributed by atoms with Crippen molar-refractivity contribution in [2.24, 2.45) is 0 Å². The van der Waals surface area contributed by atoms with Crippen molar-refractivity contribution in [3.63, 3.8) is 0 Å². The molecule has 8 heteroatoms. The van der Waals surface area contributed by atoms with E-state index in [-0.39, 0.29) is 6.10 Å². The number of nitrogens with zero attached hydrogens (tertiary/aromatic N) is 5. The zero-order valence-corrected chi connectivity index (χ0v) is 12.1. The number of nitrogen functional groups attached to an aromatic ring is 1. The summed E-state index contributed by atoms with van der Waals surface area (Å²) in [6.07, 6.45) is -0.115. The van der Waals surface area contributed by atoms with Gasteiger partial charge in [-0.25, -0.2) is 9.97 Å². The van der Waals surface area contributed by atoms with Gasteiger partial charge in [0.15, 0.2) is 5.82 Å². The van der Waals surface area contributed by atoms with Gasteiger partial charge in [0.05, 0.1) is 18.8 Å². The van der Waals surface area contributed by atoms with Crippen LogP contribution < -0.4 is 5.73 Å². The highest BCUT2D eigenvalue weighted by molar-refractivity contribution is 5.30. The van der Waals surface area contributed by atoms with Crippen LogP contribution in [0.3, 0.4) is 0 Å². The molecule has 2 aromatic heterocycles. The molecule has 112 valence electrons. The summed E-state index contributed by atoms with van der Waals surface area (Å²) in [5, 5.41) is 3.92. The Balaban J connectivity index is 1.70. The van der Waals surface area contributed by atoms with Crippen molar-refractivity contribution in [2.75, 3.05) is 25.4 Å². The van der Waals surface area contributed by atoms with E-state index in [0.717, 1.165) is 12.2 Å². The van der Waals surface area contributed by atoms with Crippen LogP contribution in [-0.2, 0) is 11.3 Å². The summed E-state index contributed by atoms with van der Waals surface area (Å²) in [5.41, 5.74) is 6.59. The minimum Gasteiger partial charge on any atom is -0.384 e. The second-order valence-electron chi connectivity index (χ2n) is 5.09. The van der Waals surface area contributed by atoms with Crippen LogP contribution in [0.1, 0.15) is 29.3 Å². The smallest absolute Gasteiger partial charge is 0.223 e. The molecule has 1 saturated heterocycles. The fourth-order valence-corrected chi connectivity index (χ4v) is 2.41. The van der Waals surface area contributed by atoms with Gasteiger partial charge in [-0.15, -0.1) is 0 Å². The van der Waals surface area contributed by atoms with E-state index in [9.17, 15) is 0 Å². The van der Waals surface area contributed by atoms with Gasteiger partial charge in [-0.2, -0.15) is 4.98 Å². The molecule has 0 bridgehead atoms. The minimum atomic E-state index is -0.115. The van der Waals surface area contributed by atoms with Crippen molar-refractivity contribution < 1.29 is 9.26 Å². The maximum absolute atomic E-state index is 5.80. The van der Waals surface area contributed by atoms with Gasteiger partial charge in [-0.3, -0.25) is 4.90 Å². The molecule has 0 unspecified atom stereocenters. The molecule has 0 radical (unpaired) electrons. The maximum Gasteiger partial charge on any atom is 0.223 e. The number of anilines is 1. The van der Waals surface area contributed by atoms with Gasteiger partial charge in [-0.05, 0) is 6.92 Å². The zero-order chi connectivity index (χ0) is 14.8. The quantitative estimate of drug-likeness (QED) is 0.878. The highest BCUT2D eigenvalue weighted by Crippen LogP contribution is 2.22. The van der Waals surface area contributed by atoms with E-state index in [1.165, 1.54) is 0 Å². The van der Waals surface area contributed by atoms with Crippen LogP contribution in [0.2, 0.25) is 0 Å². The molecule has 0 aromatic carbocycles. The van der Waals surface area contributed by atoms with Gasteiger partial charge in [0, 0.05) is 26.1 Å². The van der Waals surface area contributed by atoms with E-state index in [1.54, 1.807) is 13.0 Å². The fourth-order valence-electron chi connectivity index (χ4n) is 2.41. The molecule has 2 N–H and O–H groups in total. The Morgan fingerprint density at radius 1 is 1.33 bits per heavy atom. The third kappa shape index (κ3) is 3.34. The van der Waals surface area contributed by atoms with Crippen molar-refractivity contribution in [3.05, 3.63) is 29.3 Å². The van der Waals surface area contributed by atoms with E-state index in [1.807, 2.05) is 6.92 Å². The molecule has 21 heavy (non-hydrogen) atoms. The van der Waals surface area contributed by atoms with Crippen molar-refractivity contribution >= 4 is 5.82 Å². The lowest BCUT2D eigenvalue weighted by Crippen LogP contribution is -2.38. The topological polar surface area (TPSA) is 103 Å². The van der Waals surface area contributed by atoms with Crippen molar-refractivity contribution in [1.82, 2.24) is 25.0 Å². The summed E-state index contributed by atoms with van der Waals surface area (Å²) in [6, 6.07) is 1.76. The first kappa shape index (κ1) is 13.9. The summed E-state index contributed by atoms with van der Waals surface area (Å²) >= 11 is 0. The largest absolute Gasteiger partial charge is 0.384 e. The second-order valence-corrected chi connectivity index (χ2v) is 5.09. The van der Waals surface area contributed by atoms with Gasteiger partial charge in [0.2, 0.25) is 5.89 Å². The Morgan fingerprint density at radius 3 is 2.90 bits per heavy atom. The number of hydrogen-bond acceptors (Lipinski definition) is 8. The lowest BCUT2D eigenvalue weighted by Gasteiger charge is -2.31. The van der Waals surface area contributed by atoms with Gasteiger partial charge in [-0.1, -0.05) is 5.16 Å². The molecule has 8 nitrogen and oxygen atoms in total. The molecule has 3 rings (SSSR count). The monoisotopic (exact) mass is 290 g/mol. The molecular weight excluding hydrogens is 272 g/mol. The fraction of sp³-hybridized carbons (Fsp3) is 0.538. The van der Waals surface area contributed by atoms with E-state index in [4.69, 9.17) is 15.0 Å². The zero-order valence-electron chi connectivity index (χ0n) is 12.1. The first-order valence-electron chi connectivity index (χ1n) is 6.84. The molecule has 0 amide bonds. The molecule has 0 aliphatic carbocycles. The number of rotatable bonds is 3. The lowest BCUT2D eigenvalue weighted by molar-refractivity contribution is -0.0359. The van der Waals surface area contributed by atoms with Crippen LogP contribution in [0, 0.1) is 13.8 Å². The molecule has 1 aliphatic heterocycles. The molecule has 0 saturated carbocycles. The Labute approximate surface area is 122 Å². The van der Waals surface area contributed by atoms with Crippen LogP contribution in [0.15, 0.2) is 10.6 Å². The number of aryl methyl sites for hydroxylation is 2. The van der Waals surface area contributed by atoms with Gasteiger partial charge >= 0.3 is 0 Å². The van der Waals surface area contributed by atoms with Gasteiger partial charge in [0.1, 0.15) is 17.7 Å². The summed E-state index contributed by atoms with van der Waals surface area (Å²) < 4.78 is 10.8. The number of hydrogen-bond donors (Lipinski definition) is 1. The standard InChI is InChI=1S/C13H18N6O2/c1-8-15-10(5-12(14)16-8)11-6-19(3-4-20-11)7-13-17-9(2)21-18-13/h5,11H,3-4,6-7H2,1-2H3,(H2,14,15,16)/t11-/m0/s1. The number of morpholine rings is 1. The third-order valence-electron chi connectivity index (χ3n) is 3.29. The van der Waals surface area contributed by atoms with E-state index >= 15 is 0 Å². The normalized spacial score (nSPS) is 19.8. The highest BCUT2D eigenvalue weighted by atomic mass is 16.5. The van der Waals surface area contributed by atoms with E-state index in [0.29, 0.717) is 43.1 Å². The Kier molecular flexibility index (Phi) is 3.80. The van der Waals surface area contributed by atoms with Crippen LogP contribution in [0.5, 0.6) is 0 Å². The van der Waals surface area contributed by atoms with E-state index < -0.39 is 0 Å². The van der Waals surface area contributed by atoms with Crippen LogP contribution >= 0.6 is 0 Å². The first-order chi connectivity index (χ1) is 10.1. The predicted molar refractivity (Wildman–Crippen MR) is 74.2 cm³/mol. The molecular formula is C13H18N6O2. The summed E-state index contributed by atoms with van der Waals surface area (Å²) in [7, 11) is 0. The average molecular weight is 290 g/mol. The number of nitrogens with two attached hydrogens (primary N) is 1. The number of aromatic nitrogens is 4. The molecule has 1 aliphatic rings. The highest BCUT2D eigenvalue weighted by Gasteiger charge is 2.24. The van der Waals surface area contributed by atoms with E-state index in [2.05, 4.69) is 25.0 Å². The van der Waals surface area contributed by atoms with Crippen molar-refractivity contribution in [3.8, 4) is 0 Å². The average Bonchev–Trinajstić information content (AvgIpc) is 2.83. The third-order valence-corrected chi connectivity index (χ3v) is 3.29. The Bertz CT molecular complexity index is 609. The van der Waals surface area contributed by atoms with Crippen LogP contribution in [0.4, 0.5) is 5.82 Å². The van der Waals surface area contributed by atoms with Gasteiger partial charge < -0.3 is 15.0 Å². The maximum atomic E-state index is 5.80. The summed E-state index contributed by atoms with van der Waals surface area (Å²) in [6.45, 7) is 6.40. The number of ether oxygens (including phenoxy) is 1. The van der Waals surface area contributed by atoms with Crippen molar-refractivity contribution in [1.29, 1.82) is 0 Å². The molecule has 3 heterocycles. The molecule has 1 atom stereocenters. The molecule has 0 spiro atoms. The first-order valence-corrected chi connectivity index (χ1v) is 6.84. The molecule has 1 fully saturated rings. The van der Waals surface area contributed by atoms with Crippen LogP contribution in [0.25, 0.3) is 0 Å². The predicted octanol–water partition coefficient (Wildman–Crippen LogP) is 0.632. The Hall–Kier alpha value is -2.06. The summed E-state index contributed by atoms with van der Waals surface area (Å²) in [5.74, 6) is 2.38. The molecule has 2 aromatic rings. The van der Waals surface area contributed by atoms with Crippen molar-refractivity contribution in [2.45, 2.75) is 26.5 Å². The van der Waals surface area contributed by atoms with Crippen LogP contribution in [-0.4, -0.2) is 44.7 Å². The van der Waals surface area contributed by atoms with Gasteiger partial charge in [0.25, 0.3) is 0 Å². The lowest BCUT2D eigenvalue weighted by atomic mass is 10.2. The summed E-state index contributed by atoms with van der Waals surface area (Å²) in [4.78, 5) is 14.9.